The second-order valence-electron chi connectivity index (χ2n) is 6.48. The van der Waals surface area contributed by atoms with E-state index in [9.17, 15) is 0 Å². The van der Waals surface area contributed by atoms with Crippen LogP contribution in [0.3, 0.4) is 0 Å². The molecule has 0 spiro atoms. The van der Waals surface area contributed by atoms with Gasteiger partial charge in [-0.15, -0.1) is 0 Å². The molecule has 1 heteroatoms. The summed E-state index contributed by atoms with van der Waals surface area (Å²) in [4.78, 5) is 0. The average Bonchev–Trinajstić information content (AvgIpc) is 2.35. The van der Waals surface area contributed by atoms with Crippen LogP contribution in [0.4, 0.5) is 0 Å². The molecule has 0 aliphatic heterocycles. The Balaban J connectivity index is 0.00000200. The monoisotopic (exact) mass is 277 g/mol. The van der Waals surface area contributed by atoms with Crippen molar-refractivity contribution in [3.8, 4) is 0 Å². The third kappa shape index (κ3) is 3.30. The zero-order chi connectivity index (χ0) is 14.2. The van der Waals surface area contributed by atoms with Gasteiger partial charge in [0.1, 0.15) is 0 Å². The normalized spacial score (nSPS) is 11.4. The Morgan fingerprint density at radius 3 is 1.75 bits per heavy atom. The van der Waals surface area contributed by atoms with E-state index in [4.69, 9.17) is 0 Å². The van der Waals surface area contributed by atoms with Crippen molar-refractivity contribution in [2.45, 2.75) is 59.3 Å². The summed E-state index contributed by atoms with van der Waals surface area (Å²) < 4.78 is 0. The van der Waals surface area contributed by atoms with Crippen LogP contribution in [0.25, 0.3) is 10.8 Å². The summed E-state index contributed by atoms with van der Waals surface area (Å²) in [6.45, 7) is 13.9. The molecule has 2 aromatic carbocycles. The molecule has 102 valence electrons. The van der Waals surface area contributed by atoms with Crippen LogP contribution in [-0.2, 0) is 0 Å². The summed E-state index contributed by atoms with van der Waals surface area (Å²) in [6.07, 6.45) is 0. The predicted octanol–water partition coefficient (Wildman–Crippen LogP) is 3.21. The molecule has 0 heterocycles. The SMILES string of the molecule is CC(C)c1cc2ccccc2c(C(C)C)c1C(C)C.[Na+]. The third-order valence-corrected chi connectivity index (χ3v) is 3.94. The zero-order valence-corrected chi connectivity index (χ0v) is 16.1. The Labute approximate surface area is 146 Å². The van der Waals surface area contributed by atoms with Crippen LogP contribution in [0, 0.1) is 0 Å². The van der Waals surface area contributed by atoms with Crippen LogP contribution in [0.1, 0.15) is 76.0 Å². The fraction of sp³-hybridized carbons (Fsp3) is 0.474. The Hall–Kier alpha value is -0.300. The Bertz CT molecular complexity index is 580. The van der Waals surface area contributed by atoms with Crippen LogP contribution in [0.2, 0.25) is 0 Å². The molecule has 0 aliphatic rings. The van der Waals surface area contributed by atoms with Crippen molar-refractivity contribution in [1.29, 1.82) is 0 Å². The molecular formula is C19H26Na+. The quantitative estimate of drug-likeness (QED) is 0.756. The first-order chi connectivity index (χ1) is 8.93. The molecule has 0 aromatic heterocycles. The van der Waals surface area contributed by atoms with Gasteiger partial charge < -0.3 is 0 Å². The molecular weight excluding hydrogens is 251 g/mol. The Kier molecular flexibility index (Phi) is 6.31. The smallest absolute Gasteiger partial charge is 0.0616 e. The van der Waals surface area contributed by atoms with Crippen molar-refractivity contribution in [1.82, 2.24) is 0 Å². The molecule has 0 N–H and O–H groups in total. The molecule has 0 amide bonds. The Morgan fingerprint density at radius 1 is 0.700 bits per heavy atom. The molecule has 2 aromatic rings. The van der Waals surface area contributed by atoms with Gasteiger partial charge in [-0.3, -0.25) is 0 Å². The minimum Gasteiger partial charge on any atom is -0.0616 e. The van der Waals surface area contributed by atoms with Crippen LogP contribution in [0.5, 0.6) is 0 Å². The third-order valence-electron chi connectivity index (χ3n) is 3.94. The maximum absolute atomic E-state index is 2.40. The Morgan fingerprint density at radius 2 is 1.25 bits per heavy atom. The predicted molar refractivity (Wildman–Crippen MR) is 86.2 cm³/mol. The van der Waals surface area contributed by atoms with Crippen LogP contribution in [0.15, 0.2) is 30.3 Å². The summed E-state index contributed by atoms with van der Waals surface area (Å²) in [6, 6.07) is 11.2. The molecule has 0 radical (unpaired) electrons. The van der Waals surface area contributed by atoms with Gasteiger partial charge in [-0.1, -0.05) is 71.9 Å². The van der Waals surface area contributed by atoms with Gasteiger partial charge in [0.25, 0.3) is 0 Å². The zero-order valence-electron chi connectivity index (χ0n) is 14.1. The standard InChI is InChI=1S/C19H26.Na/c1-12(2)17-11-15-9-7-8-10-16(15)18(13(3)4)19(17)14(5)6;/h7-14H,1-6H3;/q;+1. The number of fused-ring (bicyclic) bond motifs is 1. The summed E-state index contributed by atoms with van der Waals surface area (Å²) in [5.74, 6) is 1.74. The van der Waals surface area contributed by atoms with Gasteiger partial charge >= 0.3 is 29.6 Å². The van der Waals surface area contributed by atoms with E-state index in [-0.39, 0.29) is 29.6 Å². The largest absolute Gasteiger partial charge is 1.00 e. The molecule has 2 rings (SSSR count). The van der Waals surface area contributed by atoms with Crippen LogP contribution >= 0.6 is 0 Å². The van der Waals surface area contributed by atoms with Crippen molar-refractivity contribution in [3.63, 3.8) is 0 Å². The van der Waals surface area contributed by atoms with E-state index in [1.165, 1.54) is 16.3 Å². The second-order valence-corrected chi connectivity index (χ2v) is 6.48. The first-order valence-electron chi connectivity index (χ1n) is 7.48. The molecule has 0 bridgehead atoms. The molecule has 0 nitrogen and oxygen atoms in total. The number of hydrogen-bond donors (Lipinski definition) is 0. The second kappa shape index (κ2) is 7.11. The molecule has 0 fully saturated rings. The first-order valence-corrected chi connectivity index (χ1v) is 7.48. The van der Waals surface area contributed by atoms with Crippen LogP contribution in [-0.4, -0.2) is 0 Å². The fourth-order valence-electron chi connectivity index (χ4n) is 3.16. The molecule has 20 heavy (non-hydrogen) atoms. The van der Waals surface area contributed by atoms with Gasteiger partial charge in [0, 0.05) is 0 Å². The number of benzene rings is 2. The van der Waals surface area contributed by atoms with Crippen molar-refractivity contribution in [3.05, 3.63) is 47.0 Å². The minimum absolute atomic E-state index is 0. The fourth-order valence-corrected chi connectivity index (χ4v) is 3.16. The van der Waals surface area contributed by atoms with E-state index in [2.05, 4.69) is 71.9 Å². The maximum Gasteiger partial charge on any atom is 1.00 e. The van der Waals surface area contributed by atoms with Crippen LogP contribution < -0.4 is 29.6 Å². The average molecular weight is 277 g/mol. The molecule has 0 saturated carbocycles. The van der Waals surface area contributed by atoms with Gasteiger partial charge in [0.05, 0.1) is 0 Å². The summed E-state index contributed by atoms with van der Waals surface area (Å²) in [7, 11) is 0. The van der Waals surface area contributed by atoms with E-state index in [1.54, 1.807) is 11.1 Å². The first kappa shape index (κ1) is 17.8. The van der Waals surface area contributed by atoms with Gasteiger partial charge in [-0.2, -0.15) is 0 Å². The summed E-state index contributed by atoms with van der Waals surface area (Å²) >= 11 is 0. The molecule has 0 saturated heterocycles. The van der Waals surface area contributed by atoms with E-state index in [0.29, 0.717) is 17.8 Å². The van der Waals surface area contributed by atoms with Gasteiger partial charge in [-0.05, 0) is 45.2 Å². The van der Waals surface area contributed by atoms with E-state index >= 15 is 0 Å². The minimum atomic E-state index is 0. The van der Waals surface area contributed by atoms with E-state index < -0.39 is 0 Å². The number of rotatable bonds is 3. The van der Waals surface area contributed by atoms with Gasteiger partial charge in [0.2, 0.25) is 0 Å². The van der Waals surface area contributed by atoms with Gasteiger partial charge in [-0.25, -0.2) is 0 Å². The van der Waals surface area contributed by atoms with E-state index in [1.807, 2.05) is 0 Å². The number of hydrogen-bond acceptors (Lipinski definition) is 0. The van der Waals surface area contributed by atoms with Gasteiger partial charge in [0.15, 0.2) is 0 Å². The summed E-state index contributed by atoms with van der Waals surface area (Å²) in [5.41, 5.74) is 4.65. The summed E-state index contributed by atoms with van der Waals surface area (Å²) in [5, 5.41) is 2.82. The van der Waals surface area contributed by atoms with E-state index in [0.717, 1.165) is 0 Å². The molecule has 0 aliphatic carbocycles. The van der Waals surface area contributed by atoms with Crippen molar-refractivity contribution < 1.29 is 29.6 Å². The topological polar surface area (TPSA) is 0 Å². The molecule has 0 atom stereocenters. The van der Waals surface area contributed by atoms with Crippen molar-refractivity contribution in [2.75, 3.05) is 0 Å². The molecule has 0 unspecified atom stereocenters. The van der Waals surface area contributed by atoms with Crippen molar-refractivity contribution >= 4 is 10.8 Å². The van der Waals surface area contributed by atoms with Crippen molar-refractivity contribution in [2.24, 2.45) is 0 Å². The maximum atomic E-state index is 2.40.